The fourth-order valence-corrected chi connectivity index (χ4v) is 1.76. The van der Waals surface area contributed by atoms with Gasteiger partial charge in [0.2, 0.25) is 0 Å². The van der Waals surface area contributed by atoms with Gasteiger partial charge < -0.3 is 18.8 Å². The Hall–Kier alpha value is -1.33. The molecule has 0 unspecified atom stereocenters. The molecule has 0 aliphatic carbocycles. The van der Waals surface area contributed by atoms with Gasteiger partial charge in [-0.05, 0) is 26.0 Å². The smallest absolute Gasteiger partial charge is 0.355 e. The molecule has 1 aliphatic heterocycles. The SMILES string of the molecule is Cn1cccc1C(=O)OC[C@H]1COC(C)(C)O1. The predicted octanol–water partition coefficient (Wildman–Crippen LogP) is 1.33. The second-order valence-electron chi connectivity index (χ2n) is 4.55. The van der Waals surface area contributed by atoms with Gasteiger partial charge in [-0.25, -0.2) is 4.79 Å². The number of hydrogen-bond acceptors (Lipinski definition) is 4. The van der Waals surface area contributed by atoms with Crippen LogP contribution in [0.4, 0.5) is 0 Å². The van der Waals surface area contributed by atoms with Crippen LogP contribution in [-0.4, -0.2) is 35.6 Å². The number of carbonyl (C=O) groups excluding carboxylic acids is 1. The third-order valence-electron chi connectivity index (χ3n) is 2.62. The average Bonchev–Trinajstić information content (AvgIpc) is 2.81. The Balaban J connectivity index is 1.84. The molecule has 0 saturated carbocycles. The molecule has 0 N–H and O–H groups in total. The number of carbonyl (C=O) groups is 1. The molecule has 2 heterocycles. The highest BCUT2D eigenvalue weighted by molar-refractivity contribution is 5.87. The molecule has 5 nitrogen and oxygen atoms in total. The Kier molecular flexibility index (Phi) is 3.22. The number of aryl methyl sites for hydroxylation is 1. The Morgan fingerprint density at radius 1 is 1.65 bits per heavy atom. The number of aromatic nitrogens is 1. The minimum Gasteiger partial charge on any atom is -0.458 e. The molecule has 1 aliphatic rings. The quantitative estimate of drug-likeness (QED) is 0.747. The Labute approximate surface area is 100 Å². The molecule has 0 amide bonds. The summed E-state index contributed by atoms with van der Waals surface area (Å²) in [6.07, 6.45) is 1.61. The second kappa shape index (κ2) is 4.50. The fraction of sp³-hybridized carbons (Fsp3) is 0.583. The Bertz CT molecular complexity index is 410. The van der Waals surface area contributed by atoms with Crippen molar-refractivity contribution in [1.29, 1.82) is 0 Å². The summed E-state index contributed by atoms with van der Waals surface area (Å²) < 4.78 is 17.8. The maximum absolute atomic E-state index is 11.7. The van der Waals surface area contributed by atoms with Crippen molar-refractivity contribution < 1.29 is 19.0 Å². The summed E-state index contributed by atoms with van der Waals surface area (Å²) >= 11 is 0. The van der Waals surface area contributed by atoms with Crippen LogP contribution in [0, 0.1) is 0 Å². The number of hydrogen-bond donors (Lipinski definition) is 0. The van der Waals surface area contributed by atoms with E-state index in [9.17, 15) is 4.79 Å². The topological polar surface area (TPSA) is 49.7 Å². The predicted molar refractivity (Wildman–Crippen MR) is 60.6 cm³/mol. The highest BCUT2D eigenvalue weighted by Crippen LogP contribution is 2.22. The van der Waals surface area contributed by atoms with E-state index in [2.05, 4.69) is 0 Å². The van der Waals surface area contributed by atoms with Gasteiger partial charge in [0.25, 0.3) is 0 Å². The van der Waals surface area contributed by atoms with Crippen LogP contribution in [0.3, 0.4) is 0 Å². The van der Waals surface area contributed by atoms with Crippen molar-refractivity contribution >= 4 is 5.97 Å². The highest BCUT2D eigenvalue weighted by Gasteiger charge is 2.33. The molecule has 1 aromatic heterocycles. The lowest BCUT2D eigenvalue weighted by atomic mass is 10.4. The molecule has 1 aromatic rings. The minimum atomic E-state index is -0.581. The molecule has 1 atom stereocenters. The summed E-state index contributed by atoms with van der Waals surface area (Å²) in [4.78, 5) is 11.7. The van der Waals surface area contributed by atoms with Crippen LogP contribution in [-0.2, 0) is 21.3 Å². The summed E-state index contributed by atoms with van der Waals surface area (Å²) in [5.74, 6) is -0.923. The van der Waals surface area contributed by atoms with Crippen LogP contribution in [0.15, 0.2) is 18.3 Å². The zero-order valence-electron chi connectivity index (χ0n) is 10.3. The van der Waals surface area contributed by atoms with Crippen molar-refractivity contribution in [3.63, 3.8) is 0 Å². The molecule has 0 aromatic carbocycles. The van der Waals surface area contributed by atoms with Gasteiger partial charge in [0, 0.05) is 13.2 Å². The van der Waals surface area contributed by atoms with Gasteiger partial charge in [0.1, 0.15) is 18.4 Å². The number of esters is 1. The first kappa shape index (κ1) is 12.1. The van der Waals surface area contributed by atoms with Crippen LogP contribution in [0.1, 0.15) is 24.3 Å². The van der Waals surface area contributed by atoms with Gasteiger partial charge in [-0.1, -0.05) is 0 Å². The third-order valence-corrected chi connectivity index (χ3v) is 2.62. The van der Waals surface area contributed by atoms with Crippen molar-refractivity contribution in [1.82, 2.24) is 4.57 Å². The van der Waals surface area contributed by atoms with Crippen LogP contribution in [0.2, 0.25) is 0 Å². The molecule has 0 bridgehead atoms. The van der Waals surface area contributed by atoms with Crippen LogP contribution >= 0.6 is 0 Å². The molecule has 1 saturated heterocycles. The molecule has 0 radical (unpaired) electrons. The first-order valence-corrected chi connectivity index (χ1v) is 5.58. The van der Waals surface area contributed by atoms with Gasteiger partial charge in [0.15, 0.2) is 5.79 Å². The van der Waals surface area contributed by atoms with Crippen LogP contribution < -0.4 is 0 Å². The third kappa shape index (κ3) is 2.87. The van der Waals surface area contributed by atoms with Gasteiger partial charge in [0.05, 0.1) is 6.61 Å². The van der Waals surface area contributed by atoms with E-state index in [-0.39, 0.29) is 18.7 Å². The summed E-state index contributed by atoms with van der Waals surface area (Å²) in [5, 5.41) is 0. The van der Waals surface area contributed by atoms with Crippen LogP contribution in [0.25, 0.3) is 0 Å². The zero-order valence-corrected chi connectivity index (χ0v) is 10.3. The van der Waals surface area contributed by atoms with Crippen molar-refractivity contribution in [2.24, 2.45) is 7.05 Å². The molecule has 94 valence electrons. The van der Waals surface area contributed by atoms with E-state index in [4.69, 9.17) is 14.2 Å². The first-order chi connectivity index (χ1) is 7.98. The molecule has 0 spiro atoms. The maximum atomic E-state index is 11.7. The Morgan fingerprint density at radius 2 is 2.41 bits per heavy atom. The largest absolute Gasteiger partial charge is 0.458 e. The number of ether oxygens (including phenoxy) is 3. The summed E-state index contributed by atoms with van der Waals surface area (Å²) in [7, 11) is 1.80. The molecule has 1 fully saturated rings. The monoisotopic (exact) mass is 239 g/mol. The number of rotatable bonds is 3. The summed E-state index contributed by atoms with van der Waals surface area (Å²) in [6, 6.07) is 3.52. The van der Waals surface area contributed by atoms with Crippen molar-refractivity contribution in [2.75, 3.05) is 13.2 Å². The van der Waals surface area contributed by atoms with E-state index in [0.717, 1.165) is 0 Å². The highest BCUT2D eigenvalue weighted by atomic mass is 16.7. The van der Waals surface area contributed by atoms with Gasteiger partial charge in [-0.3, -0.25) is 0 Å². The lowest BCUT2D eigenvalue weighted by molar-refractivity contribution is -0.142. The minimum absolute atomic E-state index is 0.186. The van der Waals surface area contributed by atoms with Gasteiger partial charge in [-0.15, -0.1) is 0 Å². The van der Waals surface area contributed by atoms with E-state index < -0.39 is 5.79 Å². The Morgan fingerprint density at radius 3 is 2.94 bits per heavy atom. The zero-order chi connectivity index (χ0) is 12.5. The normalized spacial score (nSPS) is 22.6. The van der Waals surface area contributed by atoms with Crippen molar-refractivity contribution in [3.05, 3.63) is 24.0 Å². The van der Waals surface area contributed by atoms with Gasteiger partial charge in [-0.2, -0.15) is 0 Å². The number of nitrogens with zero attached hydrogens (tertiary/aromatic N) is 1. The fourth-order valence-electron chi connectivity index (χ4n) is 1.76. The standard InChI is InChI=1S/C12H17NO4/c1-12(2)16-8-9(17-12)7-15-11(14)10-5-4-6-13(10)3/h4-6,9H,7-8H2,1-3H3/t9-/m0/s1. The average molecular weight is 239 g/mol. The molecule has 17 heavy (non-hydrogen) atoms. The van der Waals surface area contributed by atoms with Crippen LogP contribution in [0.5, 0.6) is 0 Å². The van der Waals surface area contributed by atoms with E-state index in [1.807, 2.05) is 13.8 Å². The molecule has 5 heteroatoms. The molecular weight excluding hydrogens is 222 g/mol. The van der Waals surface area contributed by atoms with Crippen molar-refractivity contribution in [3.8, 4) is 0 Å². The van der Waals surface area contributed by atoms with E-state index in [0.29, 0.717) is 12.3 Å². The van der Waals surface area contributed by atoms with Gasteiger partial charge >= 0.3 is 5.97 Å². The molecular formula is C12H17NO4. The van der Waals surface area contributed by atoms with E-state index >= 15 is 0 Å². The lowest BCUT2D eigenvalue weighted by Crippen LogP contribution is -2.25. The van der Waals surface area contributed by atoms with E-state index in [1.165, 1.54) is 0 Å². The molecule has 2 rings (SSSR count). The summed E-state index contributed by atoms with van der Waals surface area (Å²) in [6.45, 7) is 4.35. The second-order valence-corrected chi connectivity index (χ2v) is 4.55. The maximum Gasteiger partial charge on any atom is 0.355 e. The van der Waals surface area contributed by atoms with E-state index in [1.54, 1.807) is 29.9 Å². The summed E-state index contributed by atoms with van der Waals surface area (Å²) in [5.41, 5.74) is 0.531. The first-order valence-electron chi connectivity index (χ1n) is 5.58. The lowest BCUT2D eigenvalue weighted by Gasteiger charge is -2.17. The van der Waals surface area contributed by atoms with Crippen molar-refractivity contribution in [2.45, 2.75) is 25.7 Å².